The number of hydrogen-bond donors (Lipinski definition) is 3. The zero-order valence-electron chi connectivity index (χ0n) is 20.7. The Bertz CT molecular complexity index is 988. The second-order valence-corrected chi connectivity index (χ2v) is 9.69. The molecule has 3 N–H and O–H groups in total. The molecule has 2 aliphatic rings. The predicted octanol–water partition coefficient (Wildman–Crippen LogP) is 2.33. The van der Waals surface area contributed by atoms with E-state index in [9.17, 15) is 19.8 Å². The van der Waals surface area contributed by atoms with E-state index in [1.54, 1.807) is 0 Å². The van der Waals surface area contributed by atoms with Gasteiger partial charge in [-0.1, -0.05) is 56.0 Å². The molecule has 2 aromatic carbocycles. The second kappa shape index (κ2) is 12.7. The van der Waals surface area contributed by atoms with E-state index in [1.807, 2.05) is 54.6 Å². The van der Waals surface area contributed by atoms with Crippen LogP contribution in [0.1, 0.15) is 37.7 Å². The van der Waals surface area contributed by atoms with Gasteiger partial charge in [0.1, 0.15) is 5.75 Å². The number of ether oxygens (including phenoxy) is 1. The van der Waals surface area contributed by atoms with Gasteiger partial charge in [0.25, 0.3) is 11.8 Å². The molecule has 8 nitrogen and oxygen atoms in total. The van der Waals surface area contributed by atoms with Crippen LogP contribution in [0, 0.1) is 5.92 Å². The molecule has 2 atom stereocenters. The van der Waals surface area contributed by atoms with Gasteiger partial charge in [0.2, 0.25) is 0 Å². The highest BCUT2D eigenvalue weighted by Gasteiger charge is 2.34. The van der Waals surface area contributed by atoms with Gasteiger partial charge >= 0.3 is 0 Å². The lowest BCUT2D eigenvalue weighted by molar-refractivity contribution is -0.153. The van der Waals surface area contributed by atoms with Gasteiger partial charge in [0.15, 0.2) is 12.2 Å². The standard InChI is InChI=1S/C28H37N3O5/c32-25(26(33)28(35)31-16-14-30(15-17-31)23-10-2-1-3-11-23)27(34)29-20-22-9-6-12-24(19-22)36-18-13-21-7-4-5-8-21/h1-3,6,9-12,19,21,25-26,32-33H,4-5,7-8,13-18,20H2,(H,29,34)/t25-,26-/m1/s1. The normalized spacial score (nSPS) is 18.1. The van der Waals surface area contributed by atoms with Gasteiger partial charge in [-0.05, 0) is 42.2 Å². The molecule has 8 heteroatoms. The molecular formula is C28H37N3O5. The van der Waals surface area contributed by atoms with E-state index >= 15 is 0 Å². The van der Waals surface area contributed by atoms with Crippen LogP contribution < -0.4 is 15.0 Å². The van der Waals surface area contributed by atoms with Gasteiger partial charge in [-0.25, -0.2) is 0 Å². The lowest BCUT2D eigenvalue weighted by Crippen LogP contribution is -2.55. The Morgan fingerprint density at radius 1 is 0.944 bits per heavy atom. The summed E-state index contributed by atoms with van der Waals surface area (Å²) in [6.07, 6.45) is 2.62. The fourth-order valence-corrected chi connectivity index (χ4v) is 4.97. The van der Waals surface area contributed by atoms with Crippen LogP contribution in [0.5, 0.6) is 5.75 Å². The number of amides is 2. The molecule has 0 bridgehead atoms. The number of carbonyl (C=O) groups excluding carboxylic acids is 2. The summed E-state index contributed by atoms with van der Waals surface area (Å²) in [5.41, 5.74) is 1.89. The Labute approximate surface area is 212 Å². The van der Waals surface area contributed by atoms with Crippen molar-refractivity contribution in [3.63, 3.8) is 0 Å². The third-order valence-electron chi connectivity index (χ3n) is 7.17. The third-order valence-corrected chi connectivity index (χ3v) is 7.17. The first-order valence-electron chi connectivity index (χ1n) is 13.0. The van der Waals surface area contributed by atoms with E-state index in [-0.39, 0.29) is 6.54 Å². The van der Waals surface area contributed by atoms with Crippen LogP contribution in [-0.4, -0.2) is 71.9 Å². The molecule has 194 valence electrons. The molecule has 1 saturated carbocycles. The maximum absolute atomic E-state index is 12.7. The van der Waals surface area contributed by atoms with Crippen LogP contribution in [0.3, 0.4) is 0 Å². The lowest BCUT2D eigenvalue weighted by Gasteiger charge is -2.37. The molecule has 4 rings (SSSR count). The fourth-order valence-electron chi connectivity index (χ4n) is 4.97. The van der Waals surface area contributed by atoms with Crippen LogP contribution in [0.25, 0.3) is 0 Å². The molecule has 1 aliphatic heterocycles. The van der Waals surface area contributed by atoms with Crippen molar-refractivity contribution in [3.8, 4) is 5.75 Å². The van der Waals surface area contributed by atoms with Crippen molar-refractivity contribution in [1.29, 1.82) is 0 Å². The highest BCUT2D eigenvalue weighted by Crippen LogP contribution is 2.27. The average molecular weight is 496 g/mol. The van der Waals surface area contributed by atoms with Gasteiger partial charge in [-0.15, -0.1) is 0 Å². The number of nitrogens with zero attached hydrogens (tertiary/aromatic N) is 2. The molecular weight excluding hydrogens is 458 g/mol. The predicted molar refractivity (Wildman–Crippen MR) is 138 cm³/mol. The number of aliphatic hydroxyl groups excluding tert-OH is 2. The number of nitrogens with one attached hydrogen (secondary N) is 1. The number of para-hydroxylation sites is 1. The van der Waals surface area contributed by atoms with E-state index < -0.39 is 24.0 Å². The van der Waals surface area contributed by atoms with E-state index in [0.29, 0.717) is 32.8 Å². The Balaban J connectivity index is 1.20. The molecule has 36 heavy (non-hydrogen) atoms. The minimum Gasteiger partial charge on any atom is -0.494 e. The summed E-state index contributed by atoms with van der Waals surface area (Å²) in [5, 5.41) is 23.3. The first-order valence-corrected chi connectivity index (χ1v) is 13.0. The van der Waals surface area contributed by atoms with Gasteiger partial charge in [0, 0.05) is 38.4 Å². The summed E-state index contributed by atoms with van der Waals surface area (Å²) < 4.78 is 5.88. The minimum absolute atomic E-state index is 0.159. The number of rotatable bonds is 10. The number of piperazine rings is 1. The Morgan fingerprint density at radius 3 is 2.39 bits per heavy atom. The number of aliphatic hydroxyl groups is 2. The summed E-state index contributed by atoms with van der Waals surface area (Å²) in [6.45, 7) is 2.88. The van der Waals surface area contributed by atoms with Gasteiger partial charge in [-0.2, -0.15) is 0 Å². The van der Waals surface area contributed by atoms with Crippen molar-refractivity contribution in [2.24, 2.45) is 5.92 Å². The van der Waals surface area contributed by atoms with Gasteiger partial charge in [-0.3, -0.25) is 9.59 Å². The van der Waals surface area contributed by atoms with Crippen LogP contribution in [0.2, 0.25) is 0 Å². The number of carbonyl (C=O) groups is 2. The first-order chi connectivity index (χ1) is 17.5. The fraction of sp³-hybridized carbons (Fsp3) is 0.500. The largest absolute Gasteiger partial charge is 0.494 e. The lowest BCUT2D eigenvalue weighted by atomic mass is 10.1. The summed E-state index contributed by atoms with van der Waals surface area (Å²) in [6, 6.07) is 17.4. The van der Waals surface area contributed by atoms with Gasteiger partial charge < -0.3 is 30.1 Å². The monoisotopic (exact) mass is 495 g/mol. The van der Waals surface area contributed by atoms with Crippen LogP contribution in [-0.2, 0) is 16.1 Å². The van der Waals surface area contributed by atoms with Crippen molar-refractivity contribution >= 4 is 17.5 Å². The summed E-state index contributed by atoms with van der Waals surface area (Å²) in [7, 11) is 0. The molecule has 0 spiro atoms. The molecule has 0 radical (unpaired) electrons. The van der Waals surface area contributed by atoms with Crippen LogP contribution in [0.15, 0.2) is 54.6 Å². The molecule has 2 aromatic rings. The third kappa shape index (κ3) is 6.98. The molecule has 1 saturated heterocycles. The van der Waals surface area contributed by atoms with Crippen molar-refractivity contribution < 1.29 is 24.5 Å². The first kappa shape index (κ1) is 26.0. The zero-order valence-corrected chi connectivity index (χ0v) is 20.7. The van der Waals surface area contributed by atoms with Crippen LogP contribution >= 0.6 is 0 Å². The number of anilines is 1. The molecule has 0 aromatic heterocycles. The number of hydrogen-bond acceptors (Lipinski definition) is 6. The average Bonchev–Trinajstić information content (AvgIpc) is 3.45. The van der Waals surface area contributed by atoms with E-state index in [4.69, 9.17) is 4.74 Å². The van der Waals surface area contributed by atoms with Crippen LogP contribution in [0.4, 0.5) is 5.69 Å². The highest BCUT2D eigenvalue weighted by molar-refractivity contribution is 5.90. The van der Waals surface area contributed by atoms with Crippen molar-refractivity contribution in [3.05, 3.63) is 60.2 Å². The smallest absolute Gasteiger partial charge is 0.254 e. The Hall–Kier alpha value is -3.10. The van der Waals surface area contributed by atoms with E-state index in [2.05, 4.69) is 10.2 Å². The molecule has 2 amide bonds. The van der Waals surface area contributed by atoms with Crippen molar-refractivity contribution in [2.75, 3.05) is 37.7 Å². The molecule has 0 unspecified atom stereocenters. The van der Waals surface area contributed by atoms with Gasteiger partial charge in [0.05, 0.1) is 6.61 Å². The Morgan fingerprint density at radius 2 is 1.67 bits per heavy atom. The molecule has 1 heterocycles. The quantitative estimate of drug-likeness (QED) is 0.468. The minimum atomic E-state index is -1.84. The Kier molecular flexibility index (Phi) is 9.19. The SMILES string of the molecule is O=C(NCc1cccc(OCCC2CCCC2)c1)[C@H](O)[C@@H](O)C(=O)N1CCN(c2ccccc2)CC1. The maximum atomic E-state index is 12.7. The summed E-state index contributed by atoms with van der Waals surface area (Å²) in [5.74, 6) is 0.0790. The van der Waals surface area contributed by atoms with E-state index in [1.165, 1.54) is 30.6 Å². The molecule has 1 aliphatic carbocycles. The molecule has 2 fully saturated rings. The maximum Gasteiger partial charge on any atom is 0.254 e. The summed E-state index contributed by atoms with van der Waals surface area (Å²) >= 11 is 0. The highest BCUT2D eigenvalue weighted by atomic mass is 16.5. The number of benzene rings is 2. The zero-order chi connectivity index (χ0) is 25.3. The topological polar surface area (TPSA) is 102 Å². The van der Waals surface area contributed by atoms with Crippen molar-refractivity contribution in [1.82, 2.24) is 10.2 Å². The van der Waals surface area contributed by atoms with Crippen molar-refractivity contribution in [2.45, 2.75) is 50.9 Å². The van der Waals surface area contributed by atoms with E-state index in [0.717, 1.165) is 29.3 Å². The summed E-state index contributed by atoms with van der Waals surface area (Å²) in [4.78, 5) is 28.8. The second-order valence-electron chi connectivity index (χ2n) is 9.69.